The molecule has 2 aromatic heterocycles. The quantitative estimate of drug-likeness (QED) is 0.585. The summed E-state index contributed by atoms with van der Waals surface area (Å²) in [7, 11) is 0. The van der Waals surface area contributed by atoms with E-state index >= 15 is 0 Å². The summed E-state index contributed by atoms with van der Waals surface area (Å²) in [5.74, 6) is 0.904. The summed E-state index contributed by atoms with van der Waals surface area (Å²) in [6.45, 7) is 5.92. The van der Waals surface area contributed by atoms with Crippen molar-refractivity contribution in [3.8, 4) is 5.82 Å². The van der Waals surface area contributed by atoms with Crippen molar-refractivity contribution >= 4 is 29.0 Å². The second kappa shape index (κ2) is 9.65. The lowest BCUT2D eigenvalue weighted by molar-refractivity contribution is -0.116. The summed E-state index contributed by atoms with van der Waals surface area (Å²) in [4.78, 5) is 14.7. The molecule has 7 nitrogen and oxygen atoms in total. The molecule has 0 atom stereocenters. The number of nitrogens with zero attached hydrogens (tertiary/aromatic N) is 5. The van der Waals surface area contributed by atoms with E-state index in [2.05, 4.69) is 25.5 Å². The molecule has 0 spiro atoms. The number of anilines is 2. The Bertz CT molecular complexity index is 1110. The number of aromatic nitrogens is 4. The second-order valence-electron chi connectivity index (χ2n) is 8.03. The standard InChI is InChI=1S/C23H26ClFN6O/c1-15-18(7-11-23(32)26-20-8-6-17(25)14-19(20)24)16(2)31(29-15)22-10-9-21(27-28-22)30-12-4-3-5-13-30/h6,8-10,14H,3-5,7,11-13H2,1-2H3,(H,26,32). The normalized spacial score (nSPS) is 13.9. The molecule has 0 aliphatic carbocycles. The number of nitrogens with one attached hydrogen (secondary N) is 1. The second-order valence-corrected chi connectivity index (χ2v) is 8.44. The molecule has 3 aromatic rings. The average molecular weight is 457 g/mol. The minimum atomic E-state index is -0.446. The number of benzene rings is 1. The Labute approximate surface area is 191 Å². The van der Waals surface area contributed by atoms with Gasteiger partial charge in [0.15, 0.2) is 11.6 Å². The van der Waals surface area contributed by atoms with Gasteiger partial charge in [0, 0.05) is 25.2 Å². The zero-order chi connectivity index (χ0) is 22.7. The first-order valence-electron chi connectivity index (χ1n) is 10.8. The van der Waals surface area contributed by atoms with Crippen molar-refractivity contribution in [2.75, 3.05) is 23.3 Å². The SMILES string of the molecule is Cc1nn(-c2ccc(N3CCCCC3)nn2)c(C)c1CCC(=O)Nc1ccc(F)cc1Cl. The third-order valence-electron chi connectivity index (χ3n) is 5.78. The van der Waals surface area contributed by atoms with E-state index in [4.69, 9.17) is 11.6 Å². The fraction of sp³-hybridized carbons (Fsp3) is 0.391. The lowest BCUT2D eigenvalue weighted by Crippen LogP contribution is -2.30. The Hall–Kier alpha value is -3.00. The van der Waals surface area contributed by atoms with Crippen molar-refractivity contribution in [2.24, 2.45) is 0 Å². The van der Waals surface area contributed by atoms with Gasteiger partial charge >= 0.3 is 0 Å². The maximum absolute atomic E-state index is 13.2. The van der Waals surface area contributed by atoms with Gasteiger partial charge in [0.2, 0.25) is 5.91 Å². The topological polar surface area (TPSA) is 75.9 Å². The molecule has 0 bridgehead atoms. The molecule has 1 saturated heterocycles. The van der Waals surface area contributed by atoms with Crippen molar-refractivity contribution < 1.29 is 9.18 Å². The minimum absolute atomic E-state index is 0.171. The smallest absolute Gasteiger partial charge is 0.224 e. The molecule has 32 heavy (non-hydrogen) atoms. The molecule has 1 fully saturated rings. The number of aryl methyl sites for hydroxylation is 1. The van der Waals surface area contributed by atoms with Gasteiger partial charge in [-0.2, -0.15) is 5.10 Å². The molecule has 0 unspecified atom stereocenters. The largest absolute Gasteiger partial charge is 0.355 e. The van der Waals surface area contributed by atoms with Gasteiger partial charge in [-0.25, -0.2) is 9.07 Å². The summed E-state index contributed by atoms with van der Waals surface area (Å²) in [5.41, 5.74) is 3.16. The van der Waals surface area contributed by atoms with Crippen molar-refractivity contribution in [3.05, 3.63) is 58.1 Å². The van der Waals surface area contributed by atoms with Crippen LogP contribution in [0, 0.1) is 19.7 Å². The zero-order valence-corrected chi connectivity index (χ0v) is 19.0. The summed E-state index contributed by atoms with van der Waals surface area (Å²) >= 11 is 5.99. The monoisotopic (exact) mass is 456 g/mol. The van der Waals surface area contributed by atoms with E-state index in [1.165, 1.54) is 37.5 Å². The maximum atomic E-state index is 13.2. The van der Waals surface area contributed by atoms with Crippen molar-refractivity contribution in [3.63, 3.8) is 0 Å². The van der Waals surface area contributed by atoms with Gasteiger partial charge in [0.25, 0.3) is 0 Å². The number of carbonyl (C=O) groups excluding carboxylic acids is 1. The highest BCUT2D eigenvalue weighted by atomic mass is 35.5. The van der Waals surface area contributed by atoms with E-state index in [1.54, 1.807) is 4.68 Å². The van der Waals surface area contributed by atoms with E-state index in [0.29, 0.717) is 17.9 Å². The van der Waals surface area contributed by atoms with Crippen molar-refractivity contribution in [2.45, 2.75) is 46.0 Å². The van der Waals surface area contributed by atoms with Crippen LogP contribution in [-0.4, -0.2) is 39.0 Å². The summed E-state index contributed by atoms with van der Waals surface area (Å²) in [5, 5.41) is 16.3. The van der Waals surface area contributed by atoms with E-state index in [9.17, 15) is 9.18 Å². The van der Waals surface area contributed by atoms with E-state index in [1.807, 2.05) is 26.0 Å². The molecule has 9 heteroatoms. The van der Waals surface area contributed by atoms with Crippen LogP contribution < -0.4 is 10.2 Å². The highest BCUT2D eigenvalue weighted by Crippen LogP contribution is 2.24. The van der Waals surface area contributed by atoms with Gasteiger partial charge in [0.05, 0.1) is 16.4 Å². The predicted molar refractivity (Wildman–Crippen MR) is 123 cm³/mol. The summed E-state index contributed by atoms with van der Waals surface area (Å²) < 4.78 is 15.0. The molecular weight excluding hydrogens is 431 g/mol. The third-order valence-corrected chi connectivity index (χ3v) is 6.09. The Morgan fingerprint density at radius 3 is 2.50 bits per heavy atom. The van der Waals surface area contributed by atoms with Crippen LogP contribution in [0.15, 0.2) is 30.3 Å². The molecule has 1 N–H and O–H groups in total. The van der Waals surface area contributed by atoms with Crippen LogP contribution in [0.1, 0.15) is 42.6 Å². The first-order chi connectivity index (χ1) is 15.4. The Balaban J connectivity index is 1.43. The van der Waals surface area contributed by atoms with Crippen LogP contribution in [0.5, 0.6) is 0 Å². The van der Waals surface area contributed by atoms with Crippen LogP contribution in [0.3, 0.4) is 0 Å². The van der Waals surface area contributed by atoms with Gasteiger partial charge in [0.1, 0.15) is 5.82 Å². The van der Waals surface area contributed by atoms with E-state index in [-0.39, 0.29) is 17.4 Å². The number of carbonyl (C=O) groups is 1. The van der Waals surface area contributed by atoms with Gasteiger partial charge in [-0.05, 0) is 75.4 Å². The lowest BCUT2D eigenvalue weighted by atomic mass is 10.1. The molecule has 4 rings (SSSR count). The number of hydrogen-bond acceptors (Lipinski definition) is 5. The van der Waals surface area contributed by atoms with Gasteiger partial charge in [-0.15, -0.1) is 10.2 Å². The predicted octanol–water partition coefficient (Wildman–Crippen LogP) is 4.63. The molecule has 1 aromatic carbocycles. The van der Waals surface area contributed by atoms with Crippen molar-refractivity contribution in [1.82, 2.24) is 20.0 Å². The molecule has 1 amide bonds. The molecule has 0 saturated carbocycles. The first kappa shape index (κ1) is 22.2. The number of halogens is 2. The Morgan fingerprint density at radius 2 is 1.81 bits per heavy atom. The third kappa shape index (κ3) is 4.91. The van der Waals surface area contributed by atoms with E-state index in [0.717, 1.165) is 35.9 Å². The van der Waals surface area contributed by atoms with Crippen LogP contribution in [0.4, 0.5) is 15.9 Å². The lowest BCUT2D eigenvalue weighted by Gasteiger charge is -2.27. The first-order valence-corrected chi connectivity index (χ1v) is 11.2. The van der Waals surface area contributed by atoms with E-state index < -0.39 is 5.82 Å². The molecule has 1 aliphatic rings. The summed E-state index contributed by atoms with van der Waals surface area (Å²) in [6.07, 6.45) is 4.41. The van der Waals surface area contributed by atoms with Gasteiger partial charge in [-0.1, -0.05) is 11.6 Å². The van der Waals surface area contributed by atoms with Gasteiger partial charge < -0.3 is 10.2 Å². The maximum Gasteiger partial charge on any atom is 0.224 e. The van der Waals surface area contributed by atoms with Crippen LogP contribution in [0.25, 0.3) is 5.82 Å². The summed E-state index contributed by atoms with van der Waals surface area (Å²) in [6, 6.07) is 7.81. The van der Waals surface area contributed by atoms with Crippen LogP contribution in [0.2, 0.25) is 5.02 Å². The zero-order valence-electron chi connectivity index (χ0n) is 18.2. The number of hydrogen-bond donors (Lipinski definition) is 1. The van der Waals surface area contributed by atoms with Crippen LogP contribution in [-0.2, 0) is 11.2 Å². The Morgan fingerprint density at radius 1 is 1.09 bits per heavy atom. The molecule has 168 valence electrons. The number of amides is 1. The molecule has 0 radical (unpaired) electrons. The number of rotatable bonds is 6. The minimum Gasteiger partial charge on any atom is -0.355 e. The van der Waals surface area contributed by atoms with Gasteiger partial charge in [-0.3, -0.25) is 4.79 Å². The highest BCUT2D eigenvalue weighted by Gasteiger charge is 2.17. The Kier molecular flexibility index (Phi) is 6.69. The average Bonchev–Trinajstić information content (AvgIpc) is 3.08. The number of piperidine rings is 1. The fourth-order valence-electron chi connectivity index (χ4n) is 4.02. The van der Waals surface area contributed by atoms with Crippen LogP contribution >= 0.6 is 11.6 Å². The highest BCUT2D eigenvalue weighted by molar-refractivity contribution is 6.33. The fourth-order valence-corrected chi connectivity index (χ4v) is 4.24. The molecule has 1 aliphatic heterocycles. The molecular formula is C23H26ClFN6O. The molecule has 3 heterocycles. The van der Waals surface area contributed by atoms with Crippen molar-refractivity contribution in [1.29, 1.82) is 0 Å².